The smallest absolute Gasteiger partial charge is 0.164 e. The Labute approximate surface area is 109 Å². The van der Waals surface area contributed by atoms with Gasteiger partial charge in [-0.2, -0.15) is 0 Å². The Kier molecular flexibility index (Phi) is 2.73. The number of nitrogen functional groups attached to an aromatic ring is 1. The molecule has 1 unspecified atom stereocenters. The highest BCUT2D eigenvalue weighted by atomic mass is 32.1. The zero-order chi connectivity index (χ0) is 12.8. The maximum Gasteiger partial charge on any atom is 0.164 e. The van der Waals surface area contributed by atoms with Gasteiger partial charge < -0.3 is 10.2 Å². The van der Waals surface area contributed by atoms with Gasteiger partial charge in [0.05, 0.1) is 5.39 Å². The Morgan fingerprint density at radius 2 is 2.33 bits per heavy atom. The van der Waals surface area contributed by atoms with Crippen LogP contribution in [0.3, 0.4) is 0 Å². The number of nitrogens with zero attached hydrogens (tertiary/aromatic N) is 2. The van der Waals surface area contributed by atoms with Crippen molar-refractivity contribution < 1.29 is 4.74 Å². The normalized spacial score (nSPS) is 23.7. The Hall–Kier alpha value is -1.24. The molecule has 5 nitrogen and oxygen atoms in total. The Morgan fingerprint density at radius 3 is 3.00 bits per heavy atom. The first-order chi connectivity index (χ1) is 8.62. The molecule has 18 heavy (non-hydrogen) atoms. The van der Waals surface area contributed by atoms with Crippen LogP contribution < -0.4 is 11.3 Å². The van der Waals surface area contributed by atoms with Gasteiger partial charge in [0.1, 0.15) is 10.4 Å². The number of rotatable bonds is 2. The van der Waals surface area contributed by atoms with E-state index < -0.39 is 0 Å². The number of aryl methyl sites for hydroxylation is 1. The van der Waals surface area contributed by atoms with Gasteiger partial charge in [-0.15, -0.1) is 11.3 Å². The molecule has 0 spiro atoms. The minimum absolute atomic E-state index is 0.377. The van der Waals surface area contributed by atoms with Gasteiger partial charge >= 0.3 is 0 Å². The van der Waals surface area contributed by atoms with E-state index >= 15 is 0 Å². The van der Waals surface area contributed by atoms with Crippen molar-refractivity contribution >= 4 is 27.4 Å². The highest BCUT2D eigenvalue weighted by molar-refractivity contribution is 7.18. The number of hydrazine groups is 1. The number of nitrogens with one attached hydrogen (secondary N) is 1. The van der Waals surface area contributed by atoms with E-state index in [-0.39, 0.29) is 5.60 Å². The first-order valence-corrected chi connectivity index (χ1v) is 6.83. The van der Waals surface area contributed by atoms with Crippen LogP contribution in [0.15, 0.2) is 6.07 Å². The van der Waals surface area contributed by atoms with Crippen molar-refractivity contribution in [1.29, 1.82) is 0 Å². The summed E-state index contributed by atoms with van der Waals surface area (Å²) in [4.78, 5) is 11.3. The van der Waals surface area contributed by atoms with Crippen LogP contribution >= 0.6 is 11.3 Å². The molecule has 2 aromatic rings. The van der Waals surface area contributed by atoms with Crippen molar-refractivity contribution in [3.8, 4) is 0 Å². The number of fused-ring (bicyclic) bond motifs is 1. The standard InChI is InChI=1S/C12H16N4OS/c1-7-6-8-9(16-13)14-11(15-10(8)18-7)12(2)4-3-5-17-12/h6H,3-5,13H2,1-2H3,(H,14,15,16). The lowest BCUT2D eigenvalue weighted by Gasteiger charge is -2.21. The molecule has 1 fully saturated rings. The van der Waals surface area contributed by atoms with Crippen LogP contribution in [0.5, 0.6) is 0 Å². The third kappa shape index (κ3) is 1.77. The number of thiophene rings is 1. The van der Waals surface area contributed by atoms with Crippen LogP contribution in [0.25, 0.3) is 10.2 Å². The first-order valence-electron chi connectivity index (χ1n) is 6.02. The fourth-order valence-corrected chi connectivity index (χ4v) is 3.22. The fourth-order valence-electron chi connectivity index (χ4n) is 2.34. The lowest BCUT2D eigenvalue weighted by molar-refractivity contribution is 0.00976. The molecule has 1 saturated heterocycles. The molecule has 0 aromatic carbocycles. The molecular formula is C12H16N4OS. The van der Waals surface area contributed by atoms with Crippen LogP contribution in [0.4, 0.5) is 5.82 Å². The Morgan fingerprint density at radius 1 is 1.50 bits per heavy atom. The topological polar surface area (TPSA) is 73.1 Å². The minimum atomic E-state index is -0.377. The molecule has 0 amide bonds. The summed E-state index contributed by atoms with van der Waals surface area (Å²) in [5, 5.41) is 0.977. The average molecular weight is 264 g/mol. The van der Waals surface area contributed by atoms with Gasteiger partial charge in [0.15, 0.2) is 11.6 Å². The number of hydrogen-bond acceptors (Lipinski definition) is 6. The number of nitrogens with two attached hydrogens (primary N) is 1. The molecule has 0 aliphatic carbocycles. The fraction of sp³-hybridized carbons (Fsp3) is 0.500. The lowest BCUT2D eigenvalue weighted by Crippen LogP contribution is -2.24. The van der Waals surface area contributed by atoms with E-state index in [9.17, 15) is 0 Å². The second-order valence-corrected chi connectivity index (χ2v) is 6.03. The number of anilines is 1. The summed E-state index contributed by atoms with van der Waals surface area (Å²) in [7, 11) is 0. The summed E-state index contributed by atoms with van der Waals surface area (Å²) < 4.78 is 5.79. The van der Waals surface area contributed by atoms with E-state index in [2.05, 4.69) is 28.4 Å². The molecular weight excluding hydrogens is 248 g/mol. The van der Waals surface area contributed by atoms with Crippen molar-refractivity contribution in [3.05, 3.63) is 16.8 Å². The van der Waals surface area contributed by atoms with Crippen LogP contribution in [0.1, 0.15) is 30.5 Å². The predicted octanol–water partition coefficient (Wildman–Crippen LogP) is 2.31. The van der Waals surface area contributed by atoms with Crippen LogP contribution in [0, 0.1) is 6.92 Å². The quantitative estimate of drug-likeness (QED) is 0.643. The minimum Gasteiger partial charge on any atom is -0.367 e. The van der Waals surface area contributed by atoms with Crippen LogP contribution in [-0.4, -0.2) is 16.6 Å². The van der Waals surface area contributed by atoms with E-state index in [0.717, 1.165) is 35.5 Å². The second kappa shape index (κ2) is 4.15. The summed E-state index contributed by atoms with van der Waals surface area (Å²) in [6.45, 7) is 4.87. The Bertz CT molecular complexity index is 589. The summed E-state index contributed by atoms with van der Waals surface area (Å²) >= 11 is 1.65. The molecule has 3 N–H and O–H groups in total. The van der Waals surface area contributed by atoms with E-state index in [1.54, 1.807) is 11.3 Å². The highest BCUT2D eigenvalue weighted by Crippen LogP contribution is 2.36. The van der Waals surface area contributed by atoms with Gasteiger partial charge in [-0.3, -0.25) is 0 Å². The molecule has 0 saturated carbocycles. The first kappa shape index (κ1) is 11.8. The molecule has 0 bridgehead atoms. The molecule has 96 valence electrons. The molecule has 1 aliphatic heterocycles. The van der Waals surface area contributed by atoms with Crippen molar-refractivity contribution in [3.63, 3.8) is 0 Å². The van der Waals surface area contributed by atoms with E-state index in [1.807, 2.05) is 6.92 Å². The summed E-state index contributed by atoms with van der Waals surface area (Å²) in [5.74, 6) is 6.96. The second-order valence-electron chi connectivity index (χ2n) is 4.80. The maximum absolute atomic E-state index is 5.79. The van der Waals surface area contributed by atoms with Gasteiger partial charge in [-0.1, -0.05) is 0 Å². The summed E-state index contributed by atoms with van der Waals surface area (Å²) in [6, 6.07) is 2.05. The van der Waals surface area contributed by atoms with Gasteiger partial charge in [-0.05, 0) is 32.8 Å². The molecule has 3 heterocycles. The SMILES string of the molecule is Cc1cc2c(NN)nc(C3(C)CCCO3)nc2s1. The van der Waals surface area contributed by atoms with Crippen molar-refractivity contribution in [2.45, 2.75) is 32.3 Å². The molecule has 1 aliphatic rings. The predicted molar refractivity (Wildman–Crippen MR) is 72.5 cm³/mol. The number of hydrogen-bond donors (Lipinski definition) is 2. The molecule has 6 heteroatoms. The van der Waals surface area contributed by atoms with Crippen molar-refractivity contribution in [2.75, 3.05) is 12.0 Å². The number of ether oxygens (including phenoxy) is 1. The van der Waals surface area contributed by atoms with Gasteiger partial charge in [-0.25, -0.2) is 15.8 Å². The largest absolute Gasteiger partial charge is 0.367 e. The molecule has 1 atom stereocenters. The monoisotopic (exact) mass is 264 g/mol. The summed E-state index contributed by atoms with van der Waals surface area (Å²) in [5.41, 5.74) is 2.29. The van der Waals surface area contributed by atoms with Gasteiger partial charge in [0.25, 0.3) is 0 Å². The van der Waals surface area contributed by atoms with Gasteiger partial charge in [0, 0.05) is 11.5 Å². The zero-order valence-electron chi connectivity index (χ0n) is 10.5. The maximum atomic E-state index is 5.79. The van der Waals surface area contributed by atoms with E-state index in [0.29, 0.717) is 5.82 Å². The van der Waals surface area contributed by atoms with Gasteiger partial charge in [0.2, 0.25) is 0 Å². The zero-order valence-corrected chi connectivity index (χ0v) is 11.3. The average Bonchev–Trinajstić information content (AvgIpc) is 2.93. The van der Waals surface area contributed by atoms with E-state index in [1.165, 1.54) is 4.88 Å². The third-order valence-corrected chi connectivity index (χ3v) is 4.29. The molecule has 2 aromatic heterocycles. The molecule has 3 rings (SSSR count). The highest BCUT2D eigenvalue weighted by Gasteiger charge is 2.35. The number of aromatic nitrogens is 2. The van der Waals surface area contributed by atoms with Crippen molar-refractivity contribution in [1.82, 2.24) is 9.97 Å². The van der Waals surface area contributed by atoms with Crippen molar-refractivity contribution in [2.24, 2.45) is 5.84 Å². The lowest BCUT2D eigenvalue weighted by atomic mass is 10.0. The van der Waals surface area contributed by atoms with E-state index in [4.69, 9.17) is 10.6 Å². The third-order valence-electron chi connectivity index (χ3n) is 3.34. The molecule has 0 radical (unpaired) electrons. The Balaban J connectivity index is 2.18. The summed E-state index contributed by atoms with van der Waals surface area (Å²) in [6.07, 6.45) is 2.00. The van der Waals surface area contributed by atoms with Crippen LogP contribution in [-0.2, 0) is 10.3 Å². The van der Waals surface area contributed by atoms with Crippen LogP contribution in [0.2, 0.25) is 0 Å².